The lowest BCUT2D eigenvalue weighted by atomic mass is 10.0. The van der Waals surface area contributed by atoms with Crippen LogP contribution >= 0.6 is 27.5 Å². The lowest BCUT2D eigenvalue weighted by Gasteiger charge is -2.22. The lowest BCUT2D eigenvalue weighted by Crippen LogP contribution is -2.32. The molecule has 0 amide bonds. The maximum absolute atomic E-state index is 6.13. The van der Waals surface area contributed by atoms with Crippen molar-refractivity contribution in [3.8, 4) is 0 Å². The number of nitrogens with one attached hydrogen (secondary N) is 1. The van der Waals surface area contributed by atoms with E-state index in [1.165, 1.54) is 12.8 Å². The number of hydrogen-bond donors (Lipinski definition) is 1. The van der Waals surface area contributed by atoms with Crippen molar-refractivity contribution in [3.63, 3.8) is 0 Å². The molecule has 1 aromatic carbocycles. The van der Waals surface area contributed by atoms with Crippen molar-refractivity contribution in [3.05, 3.63) is 33.3 Å². The van der Waals surface area contributed by atoms with Crippen molar-refractivity contribution in [2.45, 2.75) is 19.4 Å². The normalized spacial score (nSPS) is 20.5. The summed E-state index contributed by atoms with van der Waals surface area (Å²) >= 11 is 9.52. The van der Waals surface area contributed by atoms with Crippen molar-refractivity contribution in [1.29, 1.82) is 0 Å². The standard InChI is InChI=1S/C13H17BrClNO/c14-12-4-3-11(13(15)6-12)9-17-8-10-2-1-5-16-7-10/h3-4,6,10,16H,1-2,5,7-9H2. The van der Waals surface area contributed by atoms with Crippen molar-refractivity contribution in [2.75, 3.05) is 19.7 Å². The molecule has 0 aliphatic carbocycles. The van der Waals surface area contributed by atoms with Crippen LogP contribution in [0.25, 0.3) is 0 Å². The highest BCUT2D eigenvalue weighted by Gasteiger charge is 2.13. The van der Waals surface area contributed by atoms with Crippen LogP contribution < -0.4 is 5.32 Å². The van der Waals surface area contributed by atoms with Gasteiger partial charge in [-0.05, 0) is 43.0 Å². The van der Waals surface area contributed by atoms with E-state index in [1.807, 2.05) is 18.2 Å². The first-order valence-electron chi connectivity index (χ1n) is 5.98. The summed E-state index contributed by atoms with van der Waals surface area (Å²) in [5.41, 5.74) is 1.05. The first kappa shape index (κ1) is 13.3. The van der Waals surface area contributed by atoms with E-state index < -0.39 is 0 Å². The number of hydrogen-bond acceptors (Lipinski definition) is 2. The monoisotopic (exact) mass is 317 g/mol. The van der Waals surface area contributed by atoms with Crippen LogP contribution in [0.1, 0.15) is 18.4 Å². The second-order valence-electron chi connectivity index (χ2n) is 4.46. The van der Waals surface area contributed by atoms with Gasteiger partial charge in [0.1, 0.15) is 0 Å². The highest BCUT2D eigenvalue weighted by Crippen LogP contribution is 2.22. The largest absolute Gasteiger partial charge is 0.376 e. The summed E-state index contributed by atoms with van der Waals surface area (Å²) in [7, 11) is 0. The van der Waals surface area contributed by atoms with E-state index in [-0.39, 0.29) is 0 Å². The fourth-order valence-corrected chi connectivity index (χ4v) is 2.77. The predicted octanol–water partition coefficient (Wildman–Crippen LogP) is 3.62. The van der Waals surface area contributed by atoms with Crippen molar-refractivity contribution < 1.29 is 4.74 Å². The molecule has 1 aromatic rings. The van der Waals surface area contributed by atoms with Gasteiger partial charge in [0.15, 0.2) is 0 Å². The molecule has 1 saturated heterocycles. The van der Waals surface area contributed by atoms with Crippen LogP contribution in [0, 0.1) is 5.92 Å². The van der Waals surface area contributed by atoms with Crippen LogP contribution in [0.3, 0.4) is 0 Å². The van der Waals surface area contributed by atoms with E-state index in [1.54, 1.807) is 0 Å². The fourth-order valence-electron chi connectivity index (χ4n) is 2.04. The quantitative estimate of drug-likeness (QED) is 0.915. The third-order valence-corrected chi connectivity index (χ3v) is 3.87. The number of benzene rings is 1. The molecule has 2 nitrogen and oxygen atoms in total. The third kappa shape index (κ3) is 4.25. The van der Waals surface area contributed by atoms with E-state index in [0.717, 1.165) is 34.8 Å². The minimum atomic E-state index is 0.600. The van der Waals surface area contributed by atoms with Crippen LogP contribution in [0.5, 0.6) is 0 Å². The number of ether oxygens (including phenoxy) is 1. The Balaban J connectivity index is 1.77. The van der Waals surface area contributed by atoms with Gasteiger partial charge in [-0.1, -0.05) is 33.6 Å². The molecule has 1 aliphatic rings. The molecule has 0 spiro atoms. The van der Waals surface area contributed by atoms with Gasteiger partial charge in [-0.25, -0.2) is 0 Å². The molecule has 1 unspecified atom stereocenters. The minimum Gasteiger partial charge on any atom is -0.376 e. The molecule has 0 aromatic heterocycles. The van der Waals surface area contributed by atoms with Crippen LogP contribution in [-0.4, -0.2) is 19.7 Å². The summed E-state index contributed by atoms with van der Waals surface area (Å²) in [6.07, 6.45) is 2.52. The van der Waals surface area contributed by atoms with Gasteiger partial charge in [0.2, 0.25) is 0 Å². The number of halogens is 2. The average molecular weight is 319 g/mol. The topological polar surface area (TPSA) is 21.3 Å². The van der Waals surface area contributed by atoms with Gasteiger partial charge in [-0.2, -0.15) is 0 Å². The zero-order valence-corrected chi connectivity index (χ0v) is 12.1. The smallest absolute Gasteiger partial charge is 0.0731 e. The minimum absolute atomic E-state index is 0.600. The first-order chi connectivity index (χ1) is 8.25. The van der Waals surface area contributed by atoms with Gasteiger partial charge in [0, 0.05) is 16.0 Å². The summed E-state index contributed by atoms with van der Waals surface area (Å²) in [5, 5.41) is 4.16. The molecule has 1 atom stereocenters. The Morgan fingerprint density at radius 3 is 3.06 bits per heavy atom. The van der Waals surface area contributed by atoms with Crippen molar-refractivity contribution in [1.82, 2.24) is 5.32 Å². The molecule has 1 N–H and O–H groups in total. The Morgan fingerprint density at radius 2 is 2.35 bits per heavy atom. The summed E-state index contributed by atoms with van der Waals surface area (Å²) in [6, 6.07) is 5.90. The lowest BCUT2D eigenvalue weighted by molar-refractivity contribution is 0.0783. The molecule has 2 rings (SSSR count). The molecule has 0 radical (unpaired) electrons. The highest BCUT2D eigenvalue weighted by molar-refractivity contribution is 9.10. The zero-order valence-electron chi connectivity index (χ0n) is 9.72. The number of rotatable bonds is 4. The van der Waals surface area contributed by atoms with E-state index in [0.29, 0.717) is 12.5 Å². The van der Waals surface area contributed by atoms with Crippen molar-refractivity contribution >= 4 is 27.5 Å². The molecule has 4 heteroatoms. The summed E-state index contributed by atoms with van der Waals surface area (Å²) in [6.45, 7) is 3.64. The van der Waals surface area contributed by atoms with E-state index in [9.17, 15) is 0 Å². The van der Waals surface area contributed by atoms with Crippen LogP contribution in [0.4, 0.5) is 0 Å². The predicted molar refractivity (Wildman–Crippen MR) is 74.4 cm³/mol. The Hall–Kier alpha value is -0.0900. The first-order valence-corrected chi connectivity index (χ1v) is 7.15. The van der Waals surface area contributed by atoms with E-state index in [2.05, 4.69) is 21.2 Å². The van der Waals surface area contributed by atoms with E-state index >= 15 is 0 Å². The molecule has 1 heterocycles. The summed E-state index contributed by atoms with van der Waals surface area (Å²) in [4.78, 5) is 0. The Bertz CT molecular complexity index is 366. The summed E-state index contributed by atoms with van der Waals surface area (Å²) < 4.78 is 6.74. The van der Waals surface area contributed by atoms with Crippen LogP contribution in [0.2, 0.25) is 5.02 Å². The summed E-state index contributed by atoms with van der Waals surface area (Å²) in [5.74, 6) is 0.651. The van der Waals surface area contributed by atoms with Gasteiger partial charge >= 0.3 is 0 Å². The second-order valence-corrected chi connectivity index (χ2v) is 5.79. The Kier molecular flexibility index (Phi) is 5.29. The van der Waals surface area contributed by atoms with Gasteiger partial charge in [0.25, 0.3) is 0 Å². The van der Waals surface area contributed by atoms with Crippen LogP contribution in [-0.2, 0) is 11.3 Å². The van der Waals surface area contributed by atoms with Gasteiger partial charge in [0.05, 0.1) is 13.2 Å². The molecule has 17 heavy (non-hydrogen) atoms. The maximum atomic E-state index is 6.13. The molecular formula is C13H17BrClNO. The molecule has 0 bridgehead atoms. The zero-order chi connectivity index (χ0) is 12.1. The highest BCUT2D eigenvalue weighted by atomic mass is 79.9. The SMILES string of the molecule is Clc1cc(Br)ccc1COCC1CCCNC1. The second kappa shape index (κ2) is 6.74. The third-order valence-electron chi connectivity index (χ3n) is 3.03. The number of piperidine rings is 1. The van der Waals surface area contributed by atoms with Crippen molar-refractivity contribution in [2.24, 2.45) is 5.92 Å². The molecule has 1 aliphatic heterocycles. The van der Waals surface area contributed by atoms with E-state index in [4.69, 9.17) is 16.3 Å². The van der Waals surface area contributed by atoms with Gasteiger partial charge < -0.3 is 10.1 Å². The Labute approximate surface area is 116 Å². The molecule has 1 fully saturated rings. The molecular weight excluding hydrogens is 302 g/mol. The molecule has 94 valence electrons. The Morgan fingerprint density at radius 1 is 1.47 bits per heavy atom. The van der Waals surface area contributed by atoms with Crippen LogP contribution in [0.15, 0.2) is 22.7 Å². The molecule has 0 saturated carbocycles. The maximum Gasteiger partial charge on any atom is 0.0731 e. The fraction of sp³-hybridized carbons (Fsp3) is 0.538. The van der Waals surface area contributed by atoms with Gasteiger partial charge in [-0.3, -0.25) is 0 Å². The van der Waals surface area contributed by atoms with Gasteiger partial charge in [-0.15, -0.1) is 0 Å². The average Bonchev–Trinajstić information content (AvgIpc) is 2.33.